The summed E-state index contributed by atoms with van der Waals surface area (Å²) in [5.41, 5.74) is 6.62. The second kappa shape index (κ2) is 8.09. The first-order valence-corrected chi connectivity index (χ1v) is 9.25. The van der Waals surface area contributed by atoms with Crippen molar-refractivity contribution < 1.29 is 0 Å². The first-order valence-electron chi connectivity index (χ1n) is 9.25. The minimum atomic E-state index is 0.435. The molecule has 0 unspecified atom stereocenters. The number of hydrogen-bond acceptors (Lipinski definition) is 2. The lowest BCUT2D eigenvalue weighted by Gasteiger charge is -2.16. The van der Waals surface area contributed by atoms with Gasteiger partial charge in [-0.25, -0.2) is 4.98 Å². The van der Waals surface area contributed by atoms with E-state index < -0.39 is 0 Å². The monoisotopic (exact) mass is 342 g/mol. The quantitative estimate of drug-likeness (QED) is 0.471. The summed E-state index contributed by atoms with van der Waals surface area (Å²) in [7, 11) is 0. The van der Waals surface area contributed by atoms with Crippen LogP contribution in [0.25, 0.3) is 11.3 Å². The molecule has 26 heavy (non-hydrogen) atoms. The van der Waals surface area contributed by atoms with Crippen molar-refractivity contribution in [3.8, 4) is 11.3 Å². The molecule has 3 rings (SSSR count). The maximum absolute atomic E-state index is 4.87. The van der Waals surface area contributed by atoms with Crippen LogP contribution in [-0.4, -0.2) is 11.2 Å². The highest BCUT2D eigenvalue weighted by Crippen LogP contribution is 2.34. The molecule has 0 aliphatic rings. The van der Waals surface area contributed by atoms with Crippen molar-refractivity contribution in [2.45, 2.75) is 39.5 Å². The van der Waals surface area contributed by atoms with Crippen LogP contribution in [0.5, 0.6) is 0 Å². The smallest absolute Gasteiger partial charge is 0.0820 e. The van der Waals surface area contributed by atoms with Crippen molar-refractivity contribution in [1.29, 1.82) is 0 Å². The topological polar surface area (TPSA) is 25.2 Å². The molecule has 3 aromatic rings. The van der Waals surface area contributed by atoms with Crippen LogP contribution in [0.4, 0.5) is 5.69 Å². The molecule has 0 saturated carbocycles. The van der Waals surface area contributed by atoms with Gasteiger partial charge in [0.1, 0.15) is 0 Å². The summed E-state index contributed by atoms with van der Waals surface area (Å²) in [6, 6.07) is 22.8. The van der Waals surface area contributed by atoms with Gasteiger partial charge in [-0.1, -0.05) is 82.3 Å². The van der Waals surface area contributed by atoms with E-state index in [1.165, 1.54) is 11.1 Å². The van der Waals surface area contributed by atoms with Gasteiger partial charge >= 0.3 is 0 Å². The highest BCUT2D eigenvalue weighted by molar-refractivity contribution is 5.82. The molecule has 0 radical (unpaired) electrons. The summed E-state index contributed by atoms with van der Waals surface area (Å²) in [4.78, 5) is 9.62. The molecule has 1 heterocycles. The summed E-state index contributed by atoms with van der Waals surface area (Å²) in [5.74, 6) is 0.869. The Bertz CT molecular complexity index is 867. The summed E-state index contributed by atoms with van der Waals surface area (Å²) in [6.45, 7) is 8.86. The molecule has 0 aliphatic heterocycles. The van der Waals surface area contributed by atoms with Gasteiger partial charge in [0.2, 0.25) is 0 Å². The van der Waals surface area contributed by atoms with E-state index in [4.69, 9.17) is 9.98 Å². The summed E-state index contributed by atoms with van der Waals surface area (Å²) in [6.07, 6.45) is 1.89. The van der Waals surface area contributed by atoms with E-state index in [9.17, 15) is 0 Å². The first kappa shape index (κ1) is 18.1. The number of aliphatic imine (C=N–C) groups is 1. The second-order valence-electron chi connectivity index (χ2n) is 7.17. The molecule has 0 atom stereocenters. The van der Waals surface area contributed by atoms with Crippen molar-refractivity contribution in [1.82, 2.24) is 4.98 Å². The fourth-order valence-electron chi connectivity index (χ4n) is 3.08. The molecule has 0 aliphatic carbocycles. The largest absolute Gasteiger partial charge is 0.254 e. The lowest BCUT2D eigenvalue weighted by atomic mass is 9.93. The molecule has 0 fully saturated rings. The molecule has 2 nitrogen and oxygen atoms in total. The Morgan fingerprint density at radius 3 is 1.96 bits per heavy atom. The normalized spacial score (nSPS) is 11.6. The van der Waals surface area contributed by atoms with Crippen LogP contribution in [0.2, 0.25) is 0 Å². The lowest BCUT2D eigenvalue weighted by molar-refractivity contribution is 0.835. The van der Waals surface area contributed by atoms with Crippen molar-refractivity contribution in [3.05, 3.63) is 83.6 Å². The fourth-order valence-corrected chi connectivity index (χ4v) is 3.08. The lowest BCUT2D eigenvalue weighted by Crippen LogP contribution is -1.96. The zero-order valence-corrected chi connectivity index (χ0v) is 16.0. The molecule has 0 spiro atoms. The average Bonchev–Trinajstić information content (AvgIpc) is 2.66. The number of pyridine rings is 1. The highest BCUT2D eigenvalue weighted by atomic mass is 14.8. The van der Waals surface area contributed by atoms with Crippen LogP contribution < -0.4 is 0 Å². The van der Waals surface area contributed by atoms with E-state index in [1.807, 2.05) is 42.6 Å². The molecule has 0 saturated heterocycles. The van der Waals surface area contributed by atoms with E-state index in [2.05, 4.69) is 58.0 Å². The van der Waals surface area contributed by atoms with Gasteiger partial charge in [0, 0.05) is 5.56 Å². The van der Waals surface area contributed by atoms with Gasteiger partial charge in [-0.2, -0.15) is 0 Å². The van der Waals surface area contributed by atoms with Crippen molar-refractivity contribution in [2.24, 2.45) is 4.99 Å². The van der Waals surface area contributed by atoms with Gasteiger partial charge < -0.3 is 0 Å². The van der Waals surface area contributed by atoms with Gasteiger partial charge in [-0.05, 0) is 35.1 Å². The van der Waals surface area contributed by atoms with Crippen molar-refractivity contribution >= 4 is 11.9 Å². The number of nitrogens with zero attached hydrogens (tertiary/aromatic N) is 2. The Balaban J connectivity index is 1.98. The molecule has 2 aromatic carbocycles. The van der Waals surface area contributed by atoms with Gasteiger partial charge in [0.15, 0.2) is 0 Å². The average molecular weight is 342 g/mol. The Kier molecular flexibility index (Phi) is 5.62. The van der Waals surface area contributed by atoms with Crippen LogP contribution >= 0.6 is 0 Å². The number of aromatic nitrogens is 1. The number of benzene rings is 2. The van der Waals surface area contributed by atoms with Gasteiger partial charge in [-0.3, -0.25) is 4.99 Å². The SMILES string of the molecule is CC(C)c1cccc(C(C)C)c1/N=C/c1cccc(-c2ccccc2)n1. The second-order valence-corrected chi connectivity index (χ2v) is 7.17. The van der Waals surface area contributed by atoms with Gasteiger partial charge in [0.05, 0.1) is 23.3 Å². The Labute approximate surface area is 156 Å². The zero-order valence-electron chi connectivity index (χ0n) is 16.0. The molecule has 132 valence electrons. The van der Waals surface area contributed by atoms with Crippen LogP contribution in [-0.2, 0) is 0 Å². The number of para-hydroxylation sites is 1. The van der Waals surface area contributed by atoms with E-state index in [0.29, 0.717) is 11.8 Å². The Hall–Kier alpha value is -2.74. The summed E-state index contributed by atoms with van der Waals surface area (Å²) in [5, 5.41) is 0. The predicted octanol–water partition coefficient (Wildman–Crippen LogP) is 6.75. The standard InChI is InChI=1S/C24H26N2/c1-17(2)21-13-9-14-22(18(3)4)24(21)25-16-20-12-8-15-23(26-20)19-10-6-5-7-11-19/h5-18H,1-4H3/b25-16+. The Morgan fingerprint density at radius 1 is 0.731 bits per heavy atom. The third-order valence-electron chi connectivity index (χ3n) is 4.51. The molecule has 1 aromatic heterocycles. The zero-order chi connectivity index (χ0) is 18.5. The molecule has 0 N–H and O–H groups in total. The van der Waals surface area contributed by atoms with Crippen LogP contribution in [0.15, 0.2) is 71.7 Å². The molecular weight excluding hydrogens is 316 g/mol. The highest BCUT2D eigenvalue weighted by Gasteiger charge is 2.12. The first-order chi connectivity index (χ1) is 12.6. The molecule has 2 heteroatoms. The van der Waals surface area contributed by atoms with Crippen molar-refractivity contribution in [2.75, 3.05) is 0 Å². The van der Waals surface area contributed by atoms with Gasteiger partial charge in [0.25, 0.3) is 0 Å². The molecule has 0 bridgehead atoms. The number of rotatable bonds is 5. The minimum absolute atomic E-state index is 0.435. The summed E-state index contributed by atoms with van der Waals surface area (Å²) < 4.78 is 0. The molecular formula is C24H26N2. The van der Waals surface area contributed by atoms with Crippen LogP contribution in [0.1, 0.15) is 56.4 Å². The van der Waals surface area contributed by atoms with E-state index in [-0.39, 0.29) is 0 Å². The van der Waals surface area contributed by atoms with E-state index >= 15 is 0 Å². The minimum Gasteiger partial charge on any atom is -0.254 e. The third kappa shape index (κ3) is 4.08. The maximum Gasteiger partial charge on any atom is 0.0820 e. The molecule has 0 amide bonds. The van der Waals surface area contributed by atoms with E-state index in [0.717, 1.165) is 22.6 Å². The van der Waals surface area contributed by atoms with E-state index in [1.54, 1.807) is 0 Å². The third-order valence-corrected chi connectivity index (χ3v) is 4.51. The van der Waals surface area contributed by atoms with Crippen LogP contribution in [0.3, 0.4) is 0 Å². The predicted molar refractivity (Wildman–Crippen MR) is 112 cm³/mol. The van der Waals surface area contributed by atoms with Crippen LogP contribution in [0, 0.1) is 0 Å². The van der Waals surface area contributed by atoms with Gasteiger partial charge in [-0.15, -0.1) is 0 Å². The number of hydrogen-bond donors (Lipinski definition) is 0. The maximum atomic E-state index is 4.87. The fraction of sp³-hybridized carbons (Fsp3) is 0.250. The Morgan fingerprint density at radius 2 is 1.35 bits per heavy atom. The summed E-state index contributed by atoms with van der Waals surface area (Å²) >= 11 is 0. The van der Waals surface area contributed by atoms with Crippen molar-refractivity contribution in [3.63, 3.8) is 0 Å².